The zero-order valence-corrected chi connectivity index (χ0v) is 24.8. The molecule has 0 aromatic heterocycles. The number of hydrogen-bond donors (Lipinski definition) is 1. The lowest BCUT2D eigenvalue weighted by Crippen LogP contribution is -2.52. The number of amides is 2. The molecule has 0 saturated heterocycles. The second kappa shape index (κ2) is 14.2. The molecule has 0 fully saturated rings. The first kappa shape index (κ1) is 31.7. The number of nitrogens with zero attached hydrogens (tertiary/aromatic N) is 2. The quantitative estimate of drug-likeness (QED) is 0.304. The Morgan fingerprint density at radius 3 is 2.15 bits per heavy atom. The highest BCUT2D eigenvalue weighted by atomic mass is 35.5. The fourth-order valence-electron chi connectivity index (χ4n) is 4.24. The van der Waals surface area contributed by atoms with Crippen molar-refractivity contribution in [2.45, 2.75) is 37.8 Å². The molecule has 0 saturated carbocycles. The van der Waals surface area contributed by atoms with Crippen LogP contribution in [0.15, 0.2) is 71.6 Å². The molecule has 0 aliphatic heterocycles. The van der Waals surface area contributed by atoms with E-state index in [9.17, 15) is 22.4 Å². The molecule has 1 unspecified atom stereocenters. The molecule has 9 nitrogen and oxygen atoms in total. The topological polar surface area (TPSA) is 105 Å². The van der Waals surface area contributed by atoms with Crippen molar-refractivity contribution in [3.05, 3.63) is 83.1 Å². The maximum absolute atomic E-state index is 14.0. The van der Waals surface area contributed by atoms with Crippen molar-refractivity contribution in [1.82, 2.24) is 10.2 Å². The standard InChI is InChI=1S/C29H33ClFN3O6S/c1-5-25(29(36)32-6-2)33(18-20-7-11-22(31)12-8-20)28(35)19-34(23-13-9-21(30)10-14-23)41(37,38)24-15-16-26(39-3)27(17-24)40-4/h7-17,25H,5-6,18-19H2,1-4H3,(H,32,36). The van der Waals surface area contributed by atoms with Crippen LogP contribution in [0.5, 0.6) is 11.5 Å². The van der Waals surface area contributed by atoms with E-state index in [2.05, 4.69) is 5.32 Å². The summed E-state index contributed by atoms with van der Waals surface area (Å²) in [7, 11) is -1.52. The van der Waals surface area contributed by atoms with Gasteiger partial charge in [0.15, 0.2) is 11.5 Å². The SMILES string of the molecule is CCNC(=O)C(CC)N(Cc1ccc(F)cc1)C(=O)CN(c1ccc(Cl)cc1)S(=O)(=O)c1ccc(OC)c(OC)c1. The van der Waals surface area contributed by atoms with Gasteiger partial charge in [0.25, 0.3) is 10.0 Å². The second-order valence-electron chi connectivity index (χ2n) is 8.97. The number of anilines is 1. The normalized spacial score (nSPS) is 11.9. The summed E-state index contributed by atoms with van der Waals surface area (Å²) < 4.78 is 53.1. The number of methoxy groups -OCH3 is 2. The average Bonchev–Trinajstić information content (AvgIpc) is 2.96. The minimum absolute atomic E-state index is 0.0420. The number of ether oxygens (including phenoxy) is 2. The number of carbonyl (C=O) groups excluding carboxylic acids is 2. The van der Waals surface area contributed by atoms with Gasteiger partial charge in [-0.25, -0.2) is 12.8 Å². The summed E-state index contributed by atoms with van der Waals surface area (Å²) in [6.07, 6.45) is 0.266. The lowest BCUT2D eigenvalue weighted by Gasteiger charge is -2.33. The van der Waals surface area contributed by atoms with Gasteiger partial charge in [-0.1, -0.05) is 30.7 Å². The summed E-state index contributed by atoms with van der Waals surface area (Å²) in [5, 5.41) is 3.11. The van der Waals surface area contributed by atoms with Crippen molar-refractivity contribution in [3.63, 3.8) is 0 Å². The Kier molecular flexibility index (Phi) is 11.0. The van der Waals surface area contributed by atoms with Gasteiger partial charge in [0.2, 0.25) is 11.8 Å². The molecule has 0 aliphatic carbocycles. The van der Waals surface area contributed by atoms with Crippen LogP contribution in [0.2, 0.25) is 5.02 Å². The first-order valence-electron chi connectivity index (χ1n) is 12.9. The molecule has 0 heterocycles. The van der Waals surface area contributed by atoms with Crippen LogP contribution in [0.3, 0.4) is 0 Å². The Morgan fingerprint density at radius 2 is 1.59 bits per heavy atom. The Hall–Kier alpha value is -3.83. The highest BCUT2D eigenvalue weighted by molar-refractivity contribution is 7.92. The molecule has 1 atom stereocenters. The Balaban J connectivity index is 2.09. The highest BCUT2D eigenvalue weighted by Crippen LogP contribution is 2.32. The van der Waals surface area contributed by atoms with Crippen LogP contribution in [0.1, 0.15) is 25.8 Å². The van der Waals surface area contributed by atoms with Crippen LogP contribution in [0.25, 0.3) is 0 Å². The minimum Gasteiger partial charge on any atom is -0.493 e. The van der Waals surface area contributed by atoms with Gasteiger partial charge in [-0.15, -0.1) is 0 Å². The Bertz CT molecular complexity index is 1450. The smallest absolute Gasteiger partial charge is 0.264 e. The van der Waals surface area contributed by atoms with Gasteiger partial charge in [-0.2, -0.15) is 0 Å². The van der Waals surface area contributed by atoms with Crippen LogP contribution in [-0.4, -0.2) is 58.5 Å². The van der Waals surface area contributed by atoms with Crippen molar-refractivity contribution in [3.8, 4) is 11.5 Å². The number of halogens is 2. The number of likely N-dealkylation sites (N-methyl/N-ethyl adjacent to an activating group) is 1. The number of nitrogens with one attached hydrogen (secondary N) is 1. The van der Waals surface area contributed by atoms with Crippen molar-refractivity contribution < 1.29 is 31.9 Å². The van der Waals surface area contributed by atoms with E-state index < -0.39 is 34.3 Å². The monoisotopic (exact) mass is 605 g/mol. The number of hydrogen-bond acceptors (Lipinski definition) is 6. The molecule has 0 aliphatic rings. The molecule has 0 spiro atoms. The second-order valence-corrected chi connectivity index (χ2v) is 11.3. The number of benzene rings is 3. The number of sulfonamides is 1. The molecule has 3 aromatic carbocycles. The number of carbonyl (C=O) groups is 2. The largest absolute Gasteiger partial charge is 0.493 e. The van der Waals surface area contributed by atoms with Crippen molar-refractivity contribution >= 4 is 39.1 Å². The zero-order valence-electron chi connectivity index (χ0n) is 23.3. The van der Waals surface area contributed by atoms with Gasteiger partial charge in [0.05, 0.1) is 24.8 Å². The van der Waals surface area contributed by atoms with Crippen LogP contribution in [0, 0.1) is 5.82 Å². The van der Waals surface area contributed by atoms with Crippen LogP contribution >= 0.6 is 11.6 Å². The average molecular weight is 606 g/mol. The first-order chi connectivity index (χ1) is 19.5. The van der Waals surface area contributed by atoms with E-state index in [0.29, 0.717) is 22.9 Å². The van der Waals surface area contributed by atoms with Crippen LogP contribution < -0.4 is 19.1 Å². The van der Waals surface area contributed by atoms with Crippen molar-refractivity contribution in [2.75, 3.05) is 31.6 Å². The summed E-state index contributed by atoms with van der Waals surface area (Å²) in [6.45, 7) is 3.18. The van der Waals surface area contributed by atoms with Crippen molar-refractivity contribution in [1.29, 1.82) is 0 Å². The molecule has 3 rings (SSSR count). The number of rotatable bonds is 13. The van der Waals surface area contributed by atoms with E-state index in [4.69, 9.17) is 21.1 Å². The first-order valence-corrected chi connectivity index (χ1v) is 14.7. The highest BCUT2D eigenvalue weighted by Gasteiger charge is 2.34. The molecule has 3 aromatic rings. The Morgan fingerprint density at radius 1 is 0.951 bits per heavy atom. The molecule has 41 heavy (non-hydrogen) atoms. The molecule has 0 bridgehead atoms. The van der Waals surface area contributed by atoms with Gasteiger partial charge >= 0.3 is 0 Å². The summed E-state index contributed by atoms with van der Waals surface area (Å²) in [5.41, 5.74) is 0.758. The van der Waals surface area contributed by atoms with Crippen molar-refractivity contribution in [2.24, 2.45) is 0 Å². The third-order valence-electron chi connectivity index (χ3n) is 6.34. The third-order valence-corrected chi connectivity index (χ3v) is 8.36. The molecular formula is C29H33ClFN3O6S. The predicted molar refractivity (Wildman–Crippen MR) is 155 cm³/mol. The summed E-state index contributed by atoms with van der Waals surface area (Å²) in [4.78, 5) is 28.1. The molecule has 0 radical (unpaired) electrons. The van der Waals surface area contributed by atoms with Crippen LogP contribution in [-0.2, 0) is 26.2 Å². The minimum atomic E-state index is -4.34. The van der Waals surface area contributed by atoms with Gasteiger partial charge in [-0.05, 0) is 67.4 Å². The predicted octanol–water partition coefficient (Wildman–Crippen LogP) is 4.64. The fourth-order valence-corrected chi connectivity index (χ4v) is 5.79. The van der Waals surface area contributed by atoms with E-state index in [1.165, 1.54) is 85.8 Å². The van der Waals surface area contributed by atoms with E-state index >= 15 is 0 Å². The van der Waals surface area contributed by atoms with E-state index in [1.54, 1.807) is 13.8 Å². The van der Waals surface area contributed by atoms with Gasteiger partial charge in [0, 0.05) is 24.2 Å². The van der Waals surface area contributed by atoms with Gasteiger partial charge in [-0.3, -0.25) is 13.9 Å². The third kappa shape index (κ3) is 7.68. The van der Waals surface area contributed by atoms with E-state index in [1.807, 2.05) is 0 Å². The van der Waals surface area contributed by atoms with Gasteiger partial charge < -0.3 is 19.7 Å². The Labute approximate surface area is 244 Å². The lowest BCUT2D eigenvalue weighted by molar-refractivity contribution is -0.140. The van der Waals surface area contributed by atoms with Gasteiger partial charge in [0.1, 0.15) is 18.4 Å². The summed E-state index contributed by atoms with van der Waals surface area (Å²) in [6, 6.07) is 14.7. The molecule has 12 heteroatoms. The maximum Gasteiger partial charge on any atom is 0.264 e. The maximum atomic E-state index is 14.0. The van der Waals surface area contributed by atoms with Crippen LogP contribution in [0.4, 0.5) is 10.1 Å². The molecule has 220 valence electrons. The summed E-state index contributed by atoms with van der Waals surface area (Å²) >= 11 is 6.06. The molecule has 2 amide bonds. The molecular weight excluding hydrogens is 573 g/mol. The van der Waals surface area contributed by atoms with E-state index in [-0.39, 0.29) is 35.2 Å². The summed E-state index contributed by atoms with van der Waals surface area (Å²) in [5.74, 6) is -0.940. The zero-order chi connectivity index (χ0) is 30.2. The van der Waals surface area contributed by atoms with E-state index in [0.717, 1.165) is 4.31 Å². The fraction of sp³-hybridized carbons (Fsp3) is 0.310. The lowest BCUT2D eigenvalue weighted by atomic mass is 10.1. The molecule has 1 N–H and O–H groups in total.